The molecular weight excluding hydrogens is 245 g/mol. The van der Waals surface area contributed by atoms with Gasteiger partial charge in [0.15, 0.2) is 0 Å². The maximum absolute atomic E-state index is 12.0. The van der Waals surface area contributed by atoms with Crippen molar-refractivity contribution in [1.82, 2.24) is 10.3 Å². The number of nitrogens with zero attached hydrogens (tertiary/aromatic N) is 1. The van der Waals surface area contributed by atoms with Crippen molar-refractivity contribution in [1.29, 1.82) is 0 Å². The van der Waals surface area contributed by atoms with Gasteiger partial charge in [0.25, 0.3) is 0 Å². The highest BCUT2D eigenvalue weighted by Gasteiger charge is 2.44. The average Bonchev–Trinajstić information content (AvgIpc) is 3.05. The Hall–Kier alpha value is -1.85. The molecular formula is C12H11F3N2O. The lowest BCUT2D eigenvalue weighted by atomic mass is 10.2. The molecule has 1 heterocycles. The molecule has 2 rings (SSSR count). The second-order valence-corrected chi connectivity index (χ2v) is 4.12. The van der Waals surface area contributed by atoms with E-state index in [4.69, 9.17) is 0 Å². The normalized spacial score (nSPS) is 23.1. The molecule has 1 aromatic rings. The van der Waals surface area contributed by atoms with E-state index in [0.29, 0.717) is 6.42 Å². The fourth-order valence-corrected chi connectivity index (χ4v) is 1.55. The Morgan fingerprint density at radius 2 is 2.28 bits per heavy atom. The van der Waals surface area contributed by atoms with E-state index in [1.54, 1.807) is 30.6 Å². The number of carbonyl (C=O) groups excluding carboxylic acids is 1. The first-order valence-electron chi connectivity index (χ1n) is 5.43. The van der Waals surface area contributed by atoms with Crippen LogP contribution >= 0.6 is 0 Å². The standard InChI is InChI=1S/C12H11F3N2O/c13-12(14,15)11(18)17-10-6-9(10)4-3-8-2-1-5-16-7-8/h1-5,7,9-10H,6H2,(H,17,18)/b4-3+. The lowest BCUT2D eigenvalue weighted by molar-refractivity contribution is -0.173. The minimum atomic E-state index is -4.81. The fourth-order valence-electron chi connectivity index (χ4n) is 1.55. The van der Waals surface area contributed by atoms with Crippen LogP contribution in [0.3, 0.4) is 0 Å². The molecule has 0 spiro atoms. The van der Waals surface area contributed by atoms with Crippen molar-refractivity contribution in [2.75, 3.05) is 0 Å². The average molecular weight is 256 g/mol. The van der Waals surface area contributed by atoms with Crippen LogP contribution in [0.2, 0.25) is 0 Å². The molecule has 1 aliphatic carbocycles. The van der Waals surface area contributed by atoms with Gasteiger partial charge in [-0.3, -0.25) is 9.78 Å². The van der Waals surface area contributed by atoms with Gasteiger partial charge in [-0.05, 0) is 24.0 Å². The summed E-state index contributed by atoms with van der Waals surface area (Å²) in [6.07, 6.45) is 2.61. The number of alkyl halides is 3. The van der Waals surface area contributed by atoms with Gasteiger partial charge in [0.05, 0.1) is 0 Å². The Bertz CT molecular complexity index is 456. The third-order valence-electron chi connectivity index (χ3n) is 2.63. The first kappa shape index (κ1) is 12.6. The largest absolute Gasteiger partial charge is 0.471 e. The molecule has 1 N–H and O–H groups in total. The molecule has 18 heavy (non-hydrogen) atoms. The number of hydrogen-bond donors (Lipinski definition) is 1. The first-order chi connectivity index (χ1) is 8.47. The zero-order valence-electron chi connectivity index (χ0n) is 9.32. The quantitative estimate of drug-likeness (QED) is 0.900. The molecule has 0 saturated heterocycles. The van der Waals surface area contributed by atoms with Crippen LogP contribution < -0.4 is 5.32 Å². The summed E-state index contributed by atoms with van der Waals surface area (Å²) < 4.78 is 35.9. The smallest absolute Gasteiger partial charge is 0.345 e. The van der Waals surface area contributed by atoms with Crippen LogP contribution in [0.15, 0.2) is 30.6 Å². The lowest BCUT2D eigenvalue weighted by Crippen LogP contribution is -2.38. The maximum atomic E-state index is 12.0. The Morgan fingerprint density at radius 3 is 2.89 bits per heavy atom. The van der Waals surface area contributed by atoms with Gasteiger partial charge in [0.1, 0.15) is 0 Å². The minimum absolute atomic E-state index is 0.0310. The zero-order chi connectivity index (χ0) is 13.2. The Kier molecular flexibility index (Phi) is 3.36. The van der Waals surface area contributed by atoms with Gasteiger partial charge >= 0.3 is 12.1 Å². The summed E-state index contributed by atoms with van der Waals surface area (Å²) in [5, 5.41) is 1.95. The molecule has 0 bridgehead atoms. The van der Waals surface area contributed by atoms with Crippen LogP contribution in [0.1, 0.15) is 12.0 Å². The summed E-state index contributed by atoms with van der Waals surface area (Å²) in [5.41, 5.74) is 0.880. The van der Waals surface area contributed by atoms with E-state index in [1.165, 1.54) is 0 Å². The van der Waals surface area contributed by atoms with Gasteiger partial charge in [-0.2, -0.15) is 13.2 Å². The van der Waals surface area contributed by atoms with E-state index in [9.17, 15) is 18.0 Å². The molecule has 2 unspecified atom stereocenters. The van der Waals surface area contributed by atoms with Crippen LogP contribution in [0.25, 0.3) is 6.08 Å². The second-order valence-electron chi connectivity index (χ2n) is 4.12. The number of amides is 1. The lowest BCUT2D eigenvalue weighted by Gasteiger charge is -2.06. The van der Waals surface area contributed by atoms with E-state index >= 15 is 0 Å². The maximum Gasteiger partial charge on any atom is 0.471 e. The van der Waals surface area contributed by atoms with Gasteiger partial charge in [-0.1, -0.05) is 18.2 Å². The number of halogens is 3. The molecule has 1 fully saturated rings. The molecule has 0 aromatic carbocycles. The van der Waals surface area contributed by atoms with Gasteiger partial charge in [0.2, 0.25) is 0 Å². The summed E-state index contributed by atoms with van der Waals surface area (Å²) in [7, 11) is 0. The zero-order valence-corrected chi connectivity index (χ0v) is 9.32. The number of nitrogens with one attached hydrogen (secondary N) is 1. The van der Waals surface area contributed by atoms with Crippen LogP contribution in [-0.4, -0.2) is 23.1 Å². The Morgan fingerprint density at radius 1 is 1.50 bits per heavy atom. The van der Waals surface area contributed by atoms with Crippen molar-refractivity contribution in [3.8, 4) is 0 Å². The van der Waals surface area contributed by atoms with Crippen LogP contribution in [0, 0.1) is 5.92 Å². The highest BCUT2D eigenvalue weighted by atomic mass is 19.4. The summed E-state index contributed by atoms with van der Waals surface area (Å²) in [5.74, 6) is -1.90. The van der Waals surface area contributed by atoms with Crippen molar-refractivity contribution >= 4 is 12.0 Å². The van der Waals surface area contributed by atoms with E-state index in [1.807, 2.05) is 11.4 Å². The van der Waals surface area contributed by atoms with Crippen molar-refractivity contribution in [3.05, 3.63) is 36.2 Å². The molecule has 0 aliphatic heterocycles. The van der Waals surface area contributed by atoms with Gasteiger partial charge in [0, 0.05) is 18.4 Å². The molecule has 1 aliphatic rings. The molecule has 1 amide bonds. The van der Waals surface area contributed by atoms with Crippen molar-refractivity contribution in [2.24, 2.45) is 5.92 Å². The number of carbonyl (C=O) groups is 1. The van der Waals surface area contributed by atoms with Gasteiger partial charge in [-0.15, -0.1) is 0 Å². The number of rotatable bonds is 3. The molecule has 1 saturated carbocycles. The Labute approximate surface area is 102 Å². The summed E-state index contributed by atoms with van der Waals surface area (Å²) in [4.78, 5) is 14.6. The fraction of sp³-hybridized carbons (Fsp3) is 0.333. The molecule has 6 heteroatoms. The van der Waals surface area contributed by atoms with Crippen molar-refractivity contribution in [3.63, 3.8) is 0 Å². The van der Waals surface area contributed by atoms with Gasteiger partial charge in [-0.25, -0.2) is 0 Å². The summed E-state index contributed by atoms with van der Waals surface area (Å²) >= 11 is 0. The summed E-state index contributed by atoms with van der Waals surface area (Å²) in [6, 6.07) is 3.21. The molecule has 0 radical (unpaired) electrons. The van der Waals surface area contributed by atoms with E-state index in [0.717, 1.165) is 5.56 Å². The molecule has 3 nitrogen and oxygen atoms in total. The highest BCUT2D eigenvalue weighted by molar-refractivity contribution is 5.82. The van der Waals surface area contributed by atoms with Crippen molar-refractivity contribution < 1.29 is 18.0 Å². The summed E-state index contributed by atoms with van der Waals surface area (Å²) in [6.45, 7) is 0. The molecule has 2 atom stereocenters. The topological polar surface area (TPSA) is 42.0 Å². The highest BCUT2D eigenvalue weighted by Crippen LogP contribution is 2.33. The Balaban J connectivity index is 1.82. The van der Waals surface area contributed by atoms with Crippen molar-refractivity contribution in [2.45, 2.75) is 18.6 Å². The minimum Gasteiger partial charge on any atom is -0.345 e. The SMILES string of the molecule is O=C(NC1CC1/C=C/c1cccnc1)C(F)(F)F. The predicted octanol–water partition coefficient (Wildman–Crippen LogP) is 2.16. The van der Waals surface area contributed by atoms with E-state index in [2.05, 4.69) is 4.98 Å². The van der Waals surface area contributed by atoms with Crippen LogP contribution in [0.5, 0.6) is 0 Å². The van der Waals surface area contributed by atoms with Crippen LogP contribution in [-0.2, 0) is 4.79 Å². The molecule has 96 valence electrons. The third-order valence-corrected chi connectivity index (χ3v) is 2.63. The van der Waals surface area contributed by atoms with E-state index < -0.39 is 18.1 Å². The number of aromatic nitrogens is 1. The first-order valence-corrected chi connectivity index (χ1v) is 5.43. The number of hydrogen-bond acceptors (Lipinski definition) is 2. The number of pyridine rings is 1. The van der Waals surface area contributed by atoms with Crippen LogP contribution in [0.4, 0.5) is 13.2 Å². The van der Waals surface area contributed by atoms with E-state index in [-0.39, 0.29) is 5.92 Å². The van der Waals surface area contributed by atoms with Gasteiger partial charge < -0.3 is 5.32 Å². The third kappa shape index (κ3) is 3.32. The second kappa shape index (κ2) is 4.80. The molecule has 1 aromatic heterocycles. The predicted molar refractivity (Wildman–Crippen MR) is 59.4 cm³/mol. The monoisotopic (exact) mass is 256 g/mol.